The van der Waals surface area contributed by atoms with Gasteiger partial charge in [-0.05, 0) is 73.5 Å². The van der Waals surface area contributed by atoms with Gasteiger partial charge in [-0.25, -0.2) is 0 Å². The molecule has 0 N–H and O–H groups in total. The van der Waals surface area contributed by atoms with Gasteiger partial charge in [0.15, 0.2) is 5.78 Å². The number of ketones is 1. The molecule has 2 aromatic rings. The summed E-state index contributed by atoms with van der Waals surface area (Å²) in [5.74, 6) is 1.41. The van der Waals surface area contributed by atoms with Crippen LogP contribution in [0, 0.1) is 0 Å². The van der Waals surface area contributed by atoms with Crippen LogP contribution >= 0.6 is 0 Å². The molecule has 0 amide bonds. The number of hydrogen-bond donors (Lipinski definition) is 0. The van der Waals surface area contributed by atoms with Crippen molar-refractivity contribution in [1.82, 2.24) is 0 Å². The third-order valence-corrected chi connectivity index (χ3v) is 3.20. The lowest BCUT2D eigenvalue weighted by molar-refractivity contribution is 0.103. The maximum atomic E-state index is 12.5. The standard InChI is InChI=1S/C21H22O3/c1-15(2)13-23-19-9-5-17(6-10-19)21(22)18-7-11-20(12-8-18)24-14-16(3)4/h5-12H,1,3,13-14H2,2,4H3. The fourth-order valence-corrected chi connectivity index (χ4v) is 1.98. The predicted octanol–water partition coefficient (Wildman–Crippen LogP) is 4.83. The second kappa shape index (κ2) is 8.16. The Bertz CT molecular complexity index is 661. The fourth-order valence-electron chi connectivity index (χ4n) is 1.98. The molecule has 0 aromatic heterocycles. The van der Waals surface area contributed by atoms with Gasteiger partial charge in [0.25, 0.3) is 0 Å². The van der Waals surface area contributed by atoms with Crippen LogP contribution in [0.3, 0.4) is 0 Å². The molecule has 24 heavy (non-hydrogen) atoms. The number of ether oxygens (including phenoxy) is 2. The average Bonchev–Trinajstić information content (AvgIpc) is 2.58. The van der Waals surface area contributed by atoms with Gasteiger partial charge < -0.3 is 9.47 Å². The fraction of sp³-hybridized carbons (Fsp3) is 0.190. The van der Waals surface area contributed by atoms with Gasteiger partial charge in [-0.15, -0.1) is 0 Å². The van der Waals surface area contributed by atoms with Crippen molar-refractivity contribution in [3.63, 3.8) is 0 Å². The molecule has 3 heteroatoms. The summed E-state index contributed by atoms with van der Waals surface area (Å²) in [7, 11) is 0. The number of rotatable bonds is 8. The third-order valence-electron chi connectivity index (χ3n) is 3.20. The predicted molar refractivity (Wildman–Crippen MR) is 96.9 cm³/mol. The van der Waals surface area contributed by atoms with Crippen LogP contribution < -0.4 is 9.47 Å². The van der Waals surface area contributed by atoms with E-state index in [1.165, 1.54) is 0 Å². The quantitative estimate of drug-likeness (QED) is 0.516. The SMILES string of the molecule is C=C(C)COc1ccc(C(=O)c2ccc(OCC(=C)C)cc2)cc1. The van der Waals surface area contributed by atoms with E-state index in [1.807, 2.05) is 13.8 Å². The lowest BCUT2D eigenvalue weighted by atomic mass is 10.0. The van der Waals surface area contributed by atoms with Crippen LogP contribution in [-0.4, -0.2) is 19.0 Å². The summed E-state index contributed by atoms with van der Waals surface area (Å²) in [6.07, 6.45) is 0. The van der Waals surface area contributed by atoms with Crippen molar-refractivity contribution in [3.05, 3.63) is 84.0 Å². The van der Waals surface area contributed by atoms with Crippen LogP contribution in [0.25, 0.3) is 0 Å². The summed E-state index contributed by atoms with van der Waals surface area (Å²) in [5, 5.41) is 0. The molecule has 0 aliphatic rings. The molecule has 0 unspecified atom stereocenters. The van der Waals surface area contributed by atoms with E-state index in [0.717, 1.165) is 22.6 Å². The first kappa shape index (κ1) is 17.5. The van der Waals surface area contributed by atoms with Gasteiger partial charge in [-0.2, -0.15) is 0 Å². The summed E-state index contributed by atoms with van der Waals surface area (Å²) in [6.45, 7) is 12.3. The molecule has 0 aliphatic carbocycles. The largest absolute Gasteiger partial charge is 0.489 e. The van der Waals surface area contributed by atoms with Gasteiger partial charge in [0, 0.05) is 11.1 Å². The minimum absolute atomic E-state index is 0.0343. The molecule has 0 aliphatic heterocycles. The molecule has 0 saturated carbocycles. The smallest absolute Gasteiger partial charge is 0.193 e. The van der Waals surface area contributed by atoms with Gasteiger partial charge in [0.05, 0.1) is 0 Å². The van der Waals surface area contributed by atoms with Crippen LogP contribution in [0.15, 0.2) is 72.8 Å². The first-order chi connectivity index (χ1) is 11.5. The van der Waals surface area contributed by atoms with Crippen LogP contribution in [0.5, 0.6) is 11.5 Å². The highest BCUT2D eigenvalue weighted by molar-refractivity contribution is 6.09. The van der Waals surface area contributed by atoms with Crippen molar-refractivity contribution in [2.24, 2.45) is 0 Å². The van der Waals surface area contributed by atoms with E-state index in [-0.39, 0.29) is 5.78 Å². The highest BCUT2D eigenvalue weighted by atomic mass is 16.5. The third kappa shape index (κ3) is 5.13. The van der Waals surface area contributed by atoms with Crippen LogP contribution in [0.2, 0.25) is 0 Å². The minimum Gasteiger partial charge on any atom is -0.489 e. The molecule has 0 spiro atoms. The molecule has 2 rings (SSSR count). The highest BCUT2D eigenvalue weighted by Gasteiger charge is 2.09. The lowest BCUT2D eigenvalue weighted by Gasteiger charge is -2.08. The Labute approximate surface area is 143 Å². The van der Waals surface area contributed by atoms with Crippen molar-refractivity contribution >= 4 is 5.78 Å². The summed E-state index contributed by atoms with van der Waals surface area (Å²) in [5.41, 5.74) is 3.13. The van der Waals surface area contributed by atoms with Gasteiger partial charge in [0.1, 0.15) is 24.7 Å². The molecule has 124 valence electrons. The van der Waals surface area contributed by atoms with Crippen molar-refractivity contribution in [2.75, 3.05) is 13.2 Å². The van der Waals surface area contributed by atoms with E-state index in [0.29, 0.717) is 24.3 Å². The Morgan fingerprint density at radius 2 is 1.08 bits per heavy atom. The normalized spacial score (nSPS) is 10.1. The average molecular weight is 322 g/mol. The second-order valence-electron chi connectivity index (χ2n) is 5.87. The molecule has 0 radical (unpaired) electrons. The van der Waals surface area contributed by atoms with Crippen molar-refractivity contribution in [3.8, 4) is 11.5 Å². The second-order valence-corrected chi connectivity index (χ2v) is 5.87. The van der Waals surface area contributed by atoms with Gasteiger partial charge in [-0.3, -0.25) is 4.79 Å². The van der Waals surface area contributed by atoms with Crippen molar-refractivity contribution in [1.29, 1.82) is 0 Å². The van der Waals surface area contributed by atoms with Gasteiger partial charge in [-0.1, -0.05) is 13.2 Å². The zero-order valence-electron chi connectivity index (χ0n) is 14.2. The Kier molecular flexibility index (Phi) is 5.96. The van der Waals surface area contributed by atoms with E-state index in [1.54, 1.807) is 48.5 Å². The van der Waals surface area contributed by atoms with Gasteiger partial charge >= 0.3 is 0 Å². The molecule has 0 heterocycles. The Morgan fingerprint density at radius 1 is 0.750 bits per heavy atom. The molecule has 3 nitrogen and oxygen atoms in total. The van der Waals surface area contributed by atoms with Crippen molar-refractivity contribution in [2.45, 2.75) is 13.8 Å². The zero-order valence-corrected chi connectivity index (χ0v) is 14.2. The number of benzene rings is 2. The maximum Gasteiger partial charge on any atom is 0.193 e. The molecule has 0 bridgehead atoms. The molecular formula is C21H22O3. The molecule has 0 atom stereocenters. The van der Waals surface area contributed by atoms with Crippen LogP contribution in [-0.2, 0) is 0 Å². The molecule has 0 fully saturated rings. The van der Waals surface area contributed by atoms with E-state index in [9.17, 15) is 4.79 Å². The molecular weight excluding hydrogens is 300 g/mol. The first-order valence-electron chi connectivity index (χ1n) is 7.75. The van der Waals surface area contributed by atoms with E-state index >= 15 is 0 Å². The Hall–Kier alpha value is -2.81. The van der Waals surface area contributed by atoms with E-state index < -0.39 is 0 Å². The summed E-state index contributed by atoms with van der Waals surface area (Å²) in [4.78, 5) is 12.5. The maximum absolute atomic E-state index is 12.5. The summed E-state index contributed by atoms with van der Waals surface area (Å²) < 4.78 is 11.1. The minimum atomic E-state index is -0.0343. The first-order valence-corrected chi connectivity index (χ1v) is 7.75. The molecule has 2 aromatic carbocycles. The van der Waals surface area contributed by atoms with Crippen LogP contribution in [0.4, 0.5) is 0 Å². The van der Waals surface area contributed by atoms with Gasteiger partial charge in [0.2, 0.25) is 0 Å². The number of hydrogen-bond acceptors (Lipinski definition) is 3. The summed E-state index contributed by atoms with van der Waals surface area (Å²) >= 11 is 0. The zero-order chi connectivity index (χ0) is 17.5. The van der Waals surface area contributed by atoms with Crippen molar-refractivity contribution < 1.29 is 14.3 Å². The number of carbonyl (C=O) groups excluding carboxylic acids is 1. The highest BCUT2D eigenvalue weighted by Crippen LogP contribution is 2.18. The summed E-state index contributed by atoms with van der Waals surface area (Å²) in [6, 6.07) is 14.2. The lowest BCUT2D eigenvalue weighted by Crippen LogP contribution is -2.03. The van der Waals surface area contributed by atoms with Crippen LogP contribution in [0.1, 0.15) is 29.8 Å². The number of carbonyl (C=O) groups is 1. The van der Waals surface area contributed by atoms with E-state index in [4.69, 9.17) is 9.47 Å². The monoisotopic (exact) mass is 322 g/mol. The Balaban J connectivity index is 2.02. The molecule has 0 saturated heterocycles. The van der Waals surface area contributed by atoms with E-state index in [2.05, 4.69) is 13.2 Å². The Morgan fingerprint density at radius 3 is 1.38 bits per heavy atom. The topological polar surface area (TPSA) is 35.5 Å².